The van der Waals surface area contributed by atoms with Gasteiger partial charge in [-0.1, -0.05) is 36.4 Å². The Bertz CT molecular complexity index is 745. The molecule has 1 heterocycles. The fourth-order valence-electron chi connectivity index (χ4n) is 3.74. The molecule has 3 heteroatoms. The number of nitrogens with one attached hydrogen (secondary N) is 1. The van der Waals surface area contributed by atoms with Gasteiger partial charge in [-0.25, -0.2) is 0 Å². The molecule has 2 aliphatic rings. The normalized spacial score (nSPS) is 20.1. The molecule has 0 saturated carbocycles. The Labute approximate surface area is 148 Å². The van der Waals surface area contributed by atoms with E-state index in [-0.39, 0.29) is 17.2 Å². The molecule has 2 aromatic carbocycles. The Balaban J connectivity index is 1.43. The van der Waals surface area contributed by atoms with Crippen molar-refractivity contribution < 1.29 is 4.79 Å². The predicted molar refractivity (Wildman–Crippen MR) is 99.4 cm³/mol. The van der Waals surface area contributed by atoms with Crippen LogP contribution in [0.3, 0.4) is 0 Å². The number of carbonyl (C=O) groups excluding carboxylic acids is 1. The lowest BCUT2D eigenvalue weighted by Crippen LogP contribution is -2.34. The summed E-state index contributed by atoms with van der Waals surface area (Å²) in [6.45, 7) is 2.09. The monoisotopic (exact) mass is 337 g/mol. The third-order valence-corrected chi connectivity index (χ3v) is 6.49. The van der Waals surface area contributed by atoms with Crippen molar-refractivity contribution in [1.82, 2.24) is 5.32 Å². The lowest BCUT2D eigenvalue weighted by Gasteiger charge is -2.21. The van der Waals surface area contributed by atoms with Crippen LogP contribution in [-0.4, -0.2) is 11.2 Å². The van der Waals surface area contributed by atoms with Crippen LogP contribution in [0.2, 0.25) is 0 Å². The van der Waals surface area contributed by atoms with E-state index in [2.05, 4.69) is 48.6 Å². The molecule has 1 N–H and O–H groups in total. The fraction of sp³-hybridized carbons (Fsp3) is 0.381. The first kappa shape index (κ1) is 15.8. The fourth-order valence-corrected chi connectivity index (χ4v) is 4.95. The second-order valence-electron chi connectivity index (χ2n) is 6.88. The number of carbonyl (C=O) groups is 1. The smallest absolute Gasteiger partial charge is 0.234 e. The van der Waals surface area contributed by atoms with Crippen molar-refractivity contribution in [2.45, 2.75) is 55.2 Å². The molecular weight excluding hydrogens is 314 g/mol. The van der Waals surface area contributed by atoms with Gasteiger partial charge in [0.25, 0.3) is 0 Å². The van der Waals surface area contributed by atoms with Gasteiger partial charge in [0, 0.05) is 4.90 Å². The standard InChI is InChI=1S/C21H23NOS/c1-14(16-11-10-15-6-2-3-7-17(15)12-16)22-21(23)20-13-18-8-4-5-9-19(18)24-20/h4-5,8-12,14,20H,2-3,6-7,13H2,1H3,(H,22,23)/t14-,20+/m1/s1. The average Bonchev–Trinajstić information content (AvgIpc) is 3.05. The Kier molecular flexibility index (Phi) is 4.36. The van der Waals surface area contributed by atoms with Crippen molar-refractivity contribution in [3.05, 3.63) is 64.7 Å². The second kappa shape index (κ2) is 6.64. The van der Waals surface area contributed by atoms with E-state index in [0.29, 0.717) is 0 Å². The Morgan fingerprint density at radius 3 is 2.71 bits per heavy atom. The predicted octanol–water partition coefficient (Wildman–Crippen LogP) is 4.46. The highest BCUT2D eigenvalue weighted by Crippen LogP contribution is 2.37. The zero-order valence-corrected chi connectivity index (χ0v) is 14.9. The van der Waals surface area contributed by atoms with E-state index in [0.717, 1.165) is 6.42 Å². The number of rotatable bonds is 3. The summed E-state index contributed by atoms with van der Waals surface area (Å²) in [4.78, 5) is 13.9. The molecule has 0 aromatic heterocycles. The van der Waals surface area contributed by atoms with Crippen molar-refractivity contribution in [3.63, 3.8) is 0 Å². The van der Waals surface area contributed by atoms with E-state index < -0.39 is 0 Å². The number of amides is 1. The lowest BCUT2D eigenvalue weighted by molar-refractivity contribution is -0.121. The number of fused-ring (bicyclic) bond motifs is 2. The lowest BCUT2D eigenvalue weighted by atomic mass is 9.89. The minimum atomic E-state index is 0.00229. The molecule has 2 atom stereocenters. The third kappa shape index (κ3) is 3.10. The van der Waals surface area contributed by atoms with Crippen LogP contribution in [0.1, 0.15) is 48.1 Å². The SMILES string of the molecule is C[C@@H](NC(=O)[C@@H]1Cc2ccccc2S1)c1ccc2c(c1)CCCC2. The number of aryl methyl sites for hydroxylation is 2. The molecule has 0 bridgehead atoms. The van der Waals surface area contributed by atoms with Crippen LogP contribution in [0.5, 0.6) is 0 Å². The van der Waals surface area contributed by atoms with E-state index in [1.165, 1.54) is 52.8 Å². The van der Waals surface area contributed by atoms with E-state index in [4.69, 9.17) is 0 Å². The molecule has 0 saturated heterocycles. The molecule has 0 radical (unpaired) electrons. The molecule has 124 valence electrons. The second-order valence-corrected chi connectivity index (χ2v) is 8.13. The summed E-state index contributed by atoms with van der Waals surface area (Å²) in [5.41, 5.74) is 5.49. The molecule has 0 fully saturated rings. The highest BCUT2D eigenvalue weighted by atomic mass is 32.2. The molecule has 1 amide bonds. The summed E-state index contributed by atoms with van der Waals surface area (Å²) in [6.07, 6.45) is 5.81. The Morgan fingerprint density at radius 1 is 1.08 bits per heavy atom. The first-order chi connectivity index (χ1) is 11.7. The first-order valence-electron chi connectivity index (χ1n) is 8.87. The zero-order chi connectivity index (χ0) is 16.5. The van der Waals surface area contributed by atoms with Crippen LogP contribution in [-0.2, 0) is 24.1 Å². The quantitative estimate of drug-likeness (QED) is 0.896. The van der Waals surface area contributed by atoms with E-state index in [1.807, 2.05) is 6.07 Å². The van der Waals surface area contributed by atoms with Gasteiger partial charge in [-0.3, -0.25) is 4.79 Å². The van der Waals surface area contributed by atoms with Crippen molar-refractivity contribution in [2.75, 3.05) is 0 Å². The van der Waals surface area contributed by atoms with Crippen LogP contribution in [0, 0.1) is 0 Å². The van der Waals surface area contributed by atoms with Crippen LogP contribution in [0.15, 0.2) is 47.4 Å². The van der Waals surface area contributed by atoms with Crippen molar-refractivity contribution in [1.29, 1.82) is 0 Å². The van der Waals surface area contributed by atoms with Gasteiger partial charge in [-0.05, 0) is 67.3 Å². The van der Waals surface area contributed by atoms with Crippen LogP contribution < -0.4 is 5.32 Å². The molecule has 1 aliphatic carbocycles. The van der Waals surface area contributed by atoms with Gasteiger partial charge >= 0.3 is 0 Å². The molecule has 4 rings (SSSR count). The van der Waals surface area contributed by atoms with Crippen molar-refractivity contribution in [2.24, 2.45) is 0 Å². The maximum Gasteiger partial charge on any atom is 0.234 e. The summed E-state index contributed by atoms with van der Waals surface area (Å²) in [5, 5.41) is 3.22. The minimum Gasteiger partial charge on any atom is -0.349 e. The van der Waals surface area contributed by atoms with Crippen molar-refractivity contribution in [3.8, 4) is 0 Å². The summed E-state index contributed by atoms with van der Waals surface area (Å²) >= 11 is 1.69. The average molecular weight is 337 g/mol. The van der Waals surface area contributed by atoms with Gasteiger partial charge in [0.15, 0.2) is 0 Å². The van der Waals surface area contributed by atoms with Gasteiger partial charge in [-0.15, -0.1) is 11.8 Å². The summed E-state index contributed by atoms with van der Waals surface area (Å²) in [5.74, 6) is 0.154. The Hall–Kier alpha value is -1.74. The molecule has 24 heavy (non-hydrogen) atoms. The number of hydrogen-bond acceptors (Lipinski definition) is 2. The van der Waals surface area contributed by atoms with Crippen LogP contribution in [0.4, 0.5) is 0 Å². The van der Waals surface area contributed by atoms with E-state index in [1.54, 1.807) is 11.8 Å². The highest BCUT2D eigenvalue weighted by Gasteiger charge is 2.28. The topological polar surface area (TPSA) is 29.1 Å². The summed E-state index contributed by atoms with van der Waals surface area (Å²) in [7, 11) is 0. The van der Waals surface area contributed by atoms with Gasteiger partial charge in [0.2, 0.25) is 5.91 Å². The van der Waals surface area contributed by atoms with Gasteiger partial charge in [-0.2, -0.15) is 0 Å². The van der Waals surface area contributed by atoms with Crippen LogP contribution >= 0.6 is 11.8 Å². The molecule has 2 nitrogen and oxygen atoms in total. The summed E-state index contributed by atoms with van der Waals surface area (Å²) < 4.78 is 0. The largest absolute Gasteiger partial charge is 0.349 e. The van der Waals surface area contributed by atoms with Gasteiger partial charge in [0.05, 0.1) is 11.3 Å². The molecule has 1 aliphatic heterocycles. The zero-order valence-electron chi connectivity index (χ0n) is 14.0. The first-order valence-corrected chi connectivity index (χ1v) is 9.75. The summed E-state index contributed by atoms with van der Waals surface area (Å²) in [6, 6.07) is 15.1. The molecule has 0 unspecified atom stereocenters. The maximum atomic E-state index is 12.7. The van der Waals surface area contributed by atoms with Crippen molar-refractivity contribution >= 4 is 17.7 Å². The van der Waals surface area contributed by atoms with E-state index >= 15 is 0 Å². The van der Waals surface area contributed by atoms with E-state index in [9.17, 15) is 4.79 Å². The maximum absolute atomic E-state index is 12.7. The molecule has 2 aromatic rings. The third-order valence-electron chi connectivity index (χ3n) is 5.17. The minimum absolute atomic E-state index is 0.00229. The number of hydrogen-bond donors (Lipinski definition) is 1. The molecular formula is C21H23NOS. The van der Waals surface area contributed by atoms with Crippen LogP contribution in [0.25, 0.3) is 0 Å². The Morgan fingerprint density at radius 2 is 1.88 bits per heavy atom. The molecule has 0 spiro atoms. The number of benzene rings is 2. The van der Waals surface area contributed by atoms with Gasteiger partial charge < -0.3 is 5.32 Å². The highest BCUT2D eigenvalue weighted by molar-refractivity contribution is 8.01. The van der Waals surface area contributed by atoms with Gasteiger partial charge in [0.1, 0.15) is 0 Å². The number of thioether (sulfide) groups is 1.